The molecule has 1 aromatic heterocycles. The topological polar surface area (TPSA) is 70.7 Å². The Morgan fingerprint density at radius 3 is 2.81 bits per heavy atom. The number of fused-ring (bicyclic) bond motifs is 2. The zero-order chi connectivity index (χ0) is 25.7. The molecule has 0 fully saturated rings. The molecule has 0 amide bonds. The molecule has 0 bridgehead atoms. The molecule has 2 aromatic carbocycles. The molecule has 1 unspecified atom stereocenters. The van der Waals surface area contributed by atoms with E-state index in [-0.39, 0.29) is 5.75 Å². The van der Waals surface area contributed by atoms with E-state index < -0.39 is 10.1 Å². The van der Waals surface area contributed by atoms with E-state index in [0.29, 0.717) is 25.3 Å². The number of ether oxygens (including phenoxy) is 1. The SMILES string of the molecule is COc1ccc2c(c1)sc(/C=C/C(C)=C/CC1C=CN(C)c3ccccc31)[n+]2CCCCS(=O)(=O)O. The van der Waals surface area contributed by atoms with Crippen LogP contribution in [0.15, 0.2) is 72.5 Å². The summed E-state index contributed by atoms with van der Waals surface area (Å²) in [6.07, 6.45) is 12.9. The Morgan fingerprint density at radius 2 is 2.03 bits per heavy atom. The minimum Gasteiger partial charge on any atom is -0.497 e. The predicted molar refractivity (Wildman–Crippen MR) is 148 cm³/mol. The van der Waals surface area contributed by atoms with Gasteiger partial charge in [-0.3, -0.25) is 4.55 Å². The van der Waals surface area contributed by atoms with Crippen LogP contribution in [0.4, 0.5) is 5.69 Å². The van der Waals surface area contributed by atoms with Crippen molar-refractivity contribution in [2.24, 2.45) is 0 Å². The van der Waals surface area contributed by atoms with E-state index in [1.807, 2.05) is 18.2 Å². The lowest BCUT2D eigenvalue weighted by atomic mass is 9.91. The normalized spacial score (nSPS) is 16.2. The number of rotatable bonds is 10. The van der Waals surface area contributed by atoms with Crippen LogP contribution in [0.25, 0.3) is 16.3 Å². The van der Waals surface area contributed by atoms with Crippen LogP contribution in [0.1, 0.15) is 42.7 Å². The number of allylic oxidation sites excluding steroid dienone is 4. The molecule has 1 atom stereocenters. The monoisotopic (exact) mass is 525 g/mol. The first-order valence-corrected chi connectivity index (χ1v) is 14.5. The molecular weight excluding hydrogens is 492 g/mol. The number of aromatic nitrogens is 1. The third-order valence-electron chi connectivity index (χ3n) is 6.41. The van der Waals surface area contributed by atoms with Crippen LogP contribution in [0.2, 0.25) is 0 Å². The highest BCUT2D eigenvalue weighted by molar-refractivity contribution is 7.85. The summed E-state index contributed by atoms with van der Waals surface area (Å²) in [6, 6.07) is 14.5. The molecule has 3 aromatic rings. The summed E-state index contributed by atoms with van der Waals surface area (Å²) in [5.74, 6) is 0.941. The largest absolute Gasteiger partial charge is 0.497 e. The molecule has 8 heteroatoms. The number of nitrogens with zero attached hydrogens (tertiary/aromatic N) is 2. The Morgan fingerprint density at radius 1 is 1.22 bits per heavy atom. The zero-order valence-electron chi connectivity index (χ0n) is 20.9. The van der Waals surface area contributed by atoms with Crippen molar-refractivity contribution in [3.8, 4) is 5.75 Å². The van der Waals surface area contributed by atoms with Gasteiger partial charge in [-0.2, -0.15) is 13.0 Å². The van der Waals surface area contributed by atoms with E-state index in [9.17, 15) is 8.42 Å². The van der Waals surface area contributed by atoms with E-state index in [0.717, 1.165) is 27.4 Å². The van der Waals surface area contributed by atoms with Crippen LogP contribution in [-0.2, 0) is 16.7 Å². The maximum atomic E-state index is 11.1. The summed E-state index contributed by atoms with van der Waals surface area (Å²) in [6.45, 7) is 2.79. The van der Waals surface area contributed by atoms with Gasteiger partial charge in [0.25, 0.3) is 15.1 Å². The van der Waals surface area contributed by atoms with Crippen molar-refractivity contribution in [1.82, 2.24) is 0 Å². The molecular formula is C28H33N2O4S2+. The summed E-state index contributed by atoms with van der Waals surface area (Å²) in [7, 11) is -0.203. The second-order valence-corrected chi connectivity index (χ2v) is 11.7. The van der Waals surface area contributed by atoms with Gasteiger partial charge in [-0.1, -0.05) is 53.3 Å². The molecule has 0 radical (unpaired) electrons. The molecule has 36 heavy (non-hydrogen) atoms. The minimum absolute atomic E-state index is 0.217. The molecule has 4 rings (SSSR count). The van der Waals surface area contributed by atoms with Crippen molar-refractivity contribution in [2.75, 3.05) is 24.8 Å². The van der Waals surface area contributed by atoms with Crippen LogP contribution >= 0.6 is 11.3 Å². The van der Waals surface area contributed by atoms with Gasteiger partial charge in [0.1, 0.15) is 10.4 Å². The summed E-state index contributed by atoms with van der Waals surface area (Å²) in [4.78, 5) is 2.16. The second-order valence-electron chi connectivity index (χ2n) is 9.05. The summed E-state index contributed by atoms with van der Waals surface area (Å²) in [5.41, 5.74) is 4.87. The number of hydrogen-bond donors (Lipinski definition) is 1. The fraction of sp³-hybridized carbons (Fsp3) is 0.321. The number of benzene rings is 2. The number of unbranched alkanes of at least 4 members (excludes halogenated alkanes) is 1. The van der Waals surface area contributed by atoms with Gasteiger partial charge in [-0.05, 0) is 37.5 Å². The highest BCUT2D eigenvalue weighted by Crippen LogP contribution is 2.35. The van der Waals surface area contributed by atoms with Crippen LogP contribution in [0.3, 0.4) is 0 Å². The number of hydrogen-bond acceptors (Lipinski definition) is 5. The molecule has 1 aliphatic rings. The average molecular weight is 526 g/mol. The maximum absolute atomic E-state index is 11.1. The molecule has 0 saturated heterocycles. The van der Waals surface area contributed by atoms with Crippen LogP contribution < -0.4 is 14.2 Å². The van der Waals surface area contributed by atoms with Crippen molar-refractivity contribution in [3.05, 3.63) is 83.0 Å². The summed E-state index contributed by atoms with van der Waals surface area (Å²) in [5, 5.41) is 1.09. The second kappa shape index (κ2) is 11.4. The van der Waals surface area contributed by atoms with Crippen molar-refractivity contribution in [3.63, 3.8) is 0 Å². The minimum atomic E-state index is -3.94. The van der Waals surface area contributed by atoms with Crippen LogP contribution in [-0.4, -0.2) is 32.9 Å². The first kappa shape index (κ1) is 26.1. The van der Waals surface area contributed by atoms with Gasteiger partial charge in [-0.25, -0.2) is 0 Å². The zero-order valence-corrected chi connectivity index (χ0v) is 22.6. The van der Waals surface area contributed by atoms with Gasteiger partial charge in [0, 0.05) is 49.5 Å². The van der Waals surface area contributed by atoms with E-state index in [4.69, 9.17) is 9.29 Å². The van der Waals surface area contributed by atoms with Gasteiger partial charge in [0.2, 0.25) is 5.52 Å². The molecule has 2 heterocycles. The Bertz CT molecular complexity index is 1420. The predicted octanol–water partition coefficient (Wildman–Crippen LogP) is 5.96. The molecule has 190 valence electrons. The first-order valence-electron chi connectivity index (χ1n) is 12.1. The smallest absolute Gasteiger partial charge is 0.264 e. The number of aryl methyl sites for hydroxylation is 1. The fourth-order valence-corrected chi connectivity index (χ4v) is 6.14. The molecule has 0 aliphatic carbocycles. The quantitative estimate of drug-likeness (QED) is 0.153. The maximum Gasteiger partial charge on any atom is 0.264 e. The fourth-order valence-electron chi connectivity index (χ4n) is 4.45. The highest BCUT2D eigenvalue weighted by Gasteiger charge is 2.20. The number of para-hydroxylation sites is 1. The third-order valence-corrected chi connectivity index (χ3v) is 8.33. The standard InChI is InChI=1S/C28H32N2O4S2/c1-21(10-12-22-16-18-29(2)25-9-5-4-8-24(22)25)11-15-28-30(17-6-7-19-36(31,32)33)26-14-13-23(34-3)20-27(26)35-28/h4-5,8-11,13-16,18,20,22H,6-7,12,17,19H2,1-3H3/p+1/b15-11+,21-10+. The highest BCUT2D eigenvalue weighted by atomic mass is 32.2. The summed E-state index contributed by atoms with van der Waals surface area (Å²) < 4.78 is 39.9. The lowest BCUT2D eigenvalue weighted by Crippen LogP contribution is -2.35. The number of methoxy groups -OCH3 is 1. The van der Waals surface area contributed by atoms with Crippen molar-refractivity contribution >= 4 is 43.4 Å². The average Bonchev–Trinajstić information content (AvgIpc) is 3.21. The van der Waals surface area contributed by atoms with Crippen molar-refractivity contribution < 1.29 is 22.3 Å². The Kier molecular flexibility index (Phi) is 8.28. The molecule has 1 aliphatic heterocycles. The van der Waals surface area contributed by atoms with Gasteiger partial charge < -0.3 is 9.64 Å². The van der Waals surface area contributed by atoms with Crippen molar-refractivity contribution in [2.45, 2.75) is 38.6 Å². The van der Waals surface area contributed by atoms with Crippen molar-refractivity contribution in [1.29, 1.82) is 0 Å². The molecule has 6 nitrogen and oxygen atoms in total. The van der Waals surface area contributed by atoms with E-state index in [1.54, 1.807) is 18.4 Å². The molecule has 1 N–H and O–H groups in total. The molecule has 0 saturated carbocycles. The molecule has 0 spiro atoms. The first-order chi connectivity index (χ1) is 17.2. The lowest BCUT2D eigenvalue weighted by molar-refractivity contribution is -0.669. The van der Waals surface area contributed by atoms with E-state index in [1.165, 1.54) is 16.8 Å². The van der Waals surface area contributed by atoms with E-state index >= 15 is 0 Å². The van der Waals surface area contributed by atoms with Gasteiger partial charge >= 0.3 is 0 Å². The van der Waals surface area contributed by atoms with Crippen LogP contribution in [0, 0.1) is 0 Å². The third kappa shape index (κ3) is 6.43. The van der Waals surface area contributed by atoms with Gasteiger partial charge in [-0.15, -0.1) is 0 Å². The number of anilines is 1. The lowest BCUT2D eigenvalue weighted by Gasteiger charge is -2.27. The Balaban J connectivity index is 1.52. The van der Waals surface area contributed by atoms with Gasteiger partial charge in [0.05, 0.1) is 12.9 Å². The summed E-state index contributed by atoms with van der Waals surface area (Å²) >= 11 is 1.68. The number of thiazole rings is 1. The van der Waals surface area contributed by atoms with Crippen LogP contribution in [0.5, 0.6) is 5.75 Å². The van der Waals surface area contributed by atoms with Gasteiger partial charge in [0.15, 0.2) is 6.54 Å². The Hall–Kier alpha value is -2.94. The van der Waals surface area contributed by atoms with E-state index in [2.05, 4.69) is 78.2 Å². The Labute approximate surface area is 217 Å².